The van der Waals surface area contributed by atoms with Crippen LogP contribution in [0, 0.1) is 0 Å². The van der Waals surface area contributed by atoms with Gasteiger partial charge in [-0.05, 0) is 129 Å². The third-order valence-electron chi connectivity index (χ3n) is 11.1. The molecule has 0 N–H and O–H groups in total. The summed E-state index contributed by atoms with van der Waals surface area (Å²) in [4.78, 5) is 50.7. The first-order chi connectivity index (χ1) is 36.0. The monoisotopic (exact) mass is 1010 g/mol. The Bertz CT molecular complexity index is 2890. The smallest absolute Gasteiger partial charge is 0.338 e. The van der Waals surface area contributed by atoms with E-state index in [0.717, 1.165) is 21.5 Å². The number of carbonyl (C=O) groups is 4. The van der Waals surface area contributed by atoms with Gasteiger partial charge in [-0.1, -0.05) is 72.8 Å². The van der Waals surface area contributed by atoms with Crippen molar-refractivity contribution in [2.75, 3.05) is 53.6 Å². The van der Waals surface area contributed by atoms with E-state index in [1.54, 1.807) is 107 Å². The molecule has 0 saturated heterocycles. The van der Waals surface area contributed by atoms with Gasteiger partial charge in [0.15, 0.2) is 27.2 Å². The molecule has 0 aliphatic carbocycles. The van der Waals surface area contributed by atoms with Crippen LogP contribution in [0.1, 0.15) is 69.1 Å². The molecule has 74 heavy (non-hydrogen) atoms. The Hall–Kier alpha value is -8.02. The highest BCUT2D eigenvalue weighted by Crippen LogP contribution is 2.26. The molecule has 0 aromatic heterocycles. The second-order valence-electron chi connectivity index (χ2n) is 16.9. The molecule has 0 bridgehead atoms. The molecule has 0 saturated carbocycles. The van der Waals surface area contributed by atoms with Crippen molar-refractivity contribution in [1.82, 2.24) is 0 Å². The highest BCUT2D eigenvalue weighted by molar-refractivity contribution is 6.04. The molecule has 7 aromatic rings. The van der Waals surface area contributed by atoms with Crippen molar-refractivity contribution < 1.29 is 76.0 Å². The number of ether oxygens (including phenoxy) is 12. The molecular formula is C58H58O16. The van der Waals surface area contributed by atoms with E-state index in [0.29, 0.717) is 45.3 Å². The summed E-state index contributed by atoms with van der Waals surface area (Å²) in [5, 5.41) is 3.82. The van der Waals surface area contributed by atoms with Crippen LogP contribution in [-0.4, -0.2) is 102 Å². The Morgan fingerprint density at radius 1 is 0.338 bits per heavy atom. The molecule has 0 aliphatic rings. The number of hydrogen-bond donors (Lipinski definition) is 0. The first-order valence-corrected chi connectivity index (χ1v) is 23.9. The molecule has 7 rings (SSSR count). The summed E-state index contributed by atoms with van der Waals surface area (Å²) < 4.78 is 67.1. The lowest BCUT2D eigenvalue weighted by Crippen LogP contribution is -2.22. The summed E-state index contributed by atoms with van der Waals surface area (Å²) in [7, 11) is 0. The molecule has 16 nitrogen and oxygen atoms in total. The van der Waals surface area contributed by atoms with Gasteiger partial charge >= 0.3 is 23.9 Å². The van der Waals surface area contributed by atoms with Crippen molar-refractivity contribution in [3.8, 4) is 23.0 Å². The van der Waals surface area contributed by atoms with Gasteiger partial charge in [0.2, 0.25) is 0 Å². The van der Waals surface area contributed by atoms with Gasteiger partial charge in [0.25, 0.3) is 0 Å². The molecular weight excluding hydrogens is 953 g/mol. The number of rotatable bonds is 28. The molecule has 4 atom stereocenters. The maximum atomic E-state index is 12.7. The summed E-state index contributed by atoms with van der Waals surface area (Å²) in [5.41, 5.74) is 1.46. The predicted octanol–water partition coefficient (Wildman–Crippen LogP) is 10.4. The first-order valence-electron chi connectivity index (χ1n) is 23.9. The van der Waals surface area contributed by atoms with Gasteiger partial charge in [0.05, 0.1) is 46.7 Å². The topological polar surface area (TPSA) is 179 Å². The predicted molar refractivity (Wildman–Crippen MR) is 273 cm³/mol. The zero-order chi connectivity index (χ0) is 52.1. The van der Waals surface area contributed by atoms with Crippen LogP contribution >= 0.6 is 0 Å². The average Bonchev–Trinajstić information content (AvgIpc) is 3.43. The standard InChI is InChI=1S/C58H58O16/c1-39(68-36-72-49-27-23-47(24-28-49)57(61)65-33-41(3)70-38-74-54-18-10-14-44-12-6-8-16-52(44)54)31-63-55(59)45-19-25-48(26-20-45)71-35-67-40(2)32-64-56(60)46-21-29-50(30-22-46)73-37-69-42(4)34-66-58(62)53-17-9-13-43-11-5-7-15-51(43)53/h5-30,39-42H,31-38H2,1-4H3. The Labute approximate surface area is 428 Å². The van der Waals surface area contributed by atoms with Crippen molar-refractivity contribution in [1.29, 1.82) is 0 Å². The van der Waals surface area contributed by atoms with Crippen LogP contribution in [0.3, 0.4) is 0 Å². The Balaban J connectivity index is 0.697. The van der Waals surface area contributed by atoms with Crippen LogP contribution in [-0.2, 0) is 37.9 Å². The molecule has 0 aliphatic heterocycles. The van der Waals surface area contributed by atoms with Crippen molar-refractivity contribution >= 4 is 45.4 Å². The van der Waals surface area contributed by atoms with Crippen LogP contribution < -0.4 is 18.9 Å². The van der Waals surface area contributed by atoms with Crippen LogP contribution in [0.2, 0.25) is 0 Å². The van der Waals surface area contributed by atoms with Crippen molar-refractivity contribution in [2.24, 2.45) is 0 Å². The minimum Gasteiger partial charge on any atom is -0.468 e. The number of benzene rings is 7. The number of esters is 4. The fraction of sp³-hybridized carbons (Fsp3) is 0.276. The van der Waals surface area contributed by atoms with Gasteiger partial charge < -0.3 is 56.8 Å². The molecule has 0 heterocycles. The largest absolute Gasteiger partial charge is 0.468 e. The summed E-state index contributed by atoms with van der Waals surface area (Å²) in [6.45, 7) is 6.74. The number of fused-ring (bicyclic) bond motifs is 2. The molecule has 7 aromatic carbocycles. The van der Waals surface area contributed by atoms with E-state index >= 15 is 0 Å². The van der Waals surface area contributed by atoms with Gasteiger partial charge in [0.1, 0.15) is 49.4 Å². The number of hydrogen-bond acceptors (Lipinski definition) is 16. The van der Waals surface area contributed by atoms with Gasteiger partial charge in [-0.2, -0.15) is 0 Å². The first kappa shape index (κ1) is 53.8. The minimum absolute atomic E-state index is 0.00642. The molecule has 16 heteroatoms. The lowest BCUT2D eigenvalue weighted by molar-refractivity contribution is -0.0548. The van der Waals surface area contributed by atoms with Crippen molar-refractivity contribution in [2.45, 2.75) is 52.1 Å². The normalized spacial score (nSPS) is 12.7. The van der Waals surface area contributed by atoms with Crippen molar-refractivity contribution in [3.63, 3.8) is 0 Å². The SMILES string of the molecule is CC(COC(=O)c1ccc(OCOC(C)COC(=O)c2ccc(OCOC(C)COC(=O)c3cccc4ccccc34)cc2)cc1)OCOc1ccc(C(=O)OCC(C)OCOc2cccc3ccccc23)cc1. The van der Waals surface area contributed by atoms with Gasteiger partial charge in [-0.3, -0.25) is 0 Å². The van der Waals surface area contributed by atoms with E-state index in [-0.39, 0.29) is 53.6 Å². The molecule has 0 spiro atoms. The minimum atomic E-state index is -0.548. The van der Waals surface area contributed by atoms with Gasteiger partial charge in [-0.15, -0.1) is 0 Å². The van der Waals surface area contributed by atoms with E-state index in [9.17, 15) is 19.2 Å². The molecule has 0 amide bonds. The zero-order valence-corrected chi connectivity index (χ0v) is 41.5. The third kappa shape index (κ3) is 16.5. The second kappa shape index (κ2) is 27.7. The molecule has 4 unspecified atom stereocenters. The summed E-state index contributed by atoms with van der Waals surface area (Å²) >= 11 is 0. The Morgan fingerprint density at radius 3 is 1.08 bits per heavy atom. The molecule has 0 fully saturated rings. The van der Waals surface area contributed by atoms with E-state index in [2.05, 4.69) is 0 Å². The second-order valence-corrected chi connectivity index (χ2v) is 16.9. The quantitative estimate of drug-likeness (QED) is 0.0257. The highest BCUT2D eigenvalue weighted by Gasteiger charge is 2.17. The lowest BCUT2D eigenvalue weighted by atomic mass is 10.1. The lowest BCUT2D eigenvalue weighted by Gasteiger charge is -2.16. The van der Waals surface area contributed by atoms with E-state index < -0.39 is 48.3 Å². The Morgan fingerprint density at radius 2 is 0.662 bits per heavy atom. The fourth-order valence-electron chi connectivity index (χ4n) is 6.95. The third-order valence-corrected chi connectivity index (χ3v) is 11.1. The molecule has 0 radical (unpaired) electrons. The number of carbonyl (C=O) groups excluding carboxylic acids is 4. The van der Waals surface area contributed by atoms with E-state index in [4.69, 9.17) is 56.8 Å². The summed E-state index contributed by atoms with van der Waals surface area (Å²) in [6.07, 6.45) is -1.78. The molecule has 386 valence electrons. The highest BCUT2D eigenvalue weighted by atomic mass is 16.7. The van der Waals surface area contributed by atoms with Gasteiger partial charge in [0, 0.05) is 5.39 Å². The van der Waals surface area contributed by atoms with Crippen LogP contribution in [0.4, 0.5) is 0 Å². The van der Waals surface area contributed by atoms with E-state index in [1.165, 1.54) is 0 Å². The van der Waals surface area contributed by atoms with E-state index in [1.807, 2.05) is 78.9 Å². The van der Waals surface area contributed by atoms with Crippen LogP contribution in [0.15, 0.2) is 158 Å². The maximum absolute atomic E-state index is 12.7. The van der Waals surface area contributed by atoms with Crippen LogP contribution in [0.25, 0.3) is 21.5 Å². The maximum Gasteiger partial charge on any atom is 0.338 e. The average molecular weight is 1010 g/mol. The fourth-order valence-corrected chi connectivity index (χ4v) is 6.95. The summed E-state index contributed by atoms with van der Waals surface area (Å²) in [6, 6.07) is 45.9. The van der Waals surface area contributed by atoms with Crippen LogP contribution in [0.5, 0.6) is 23.0 Å². The Kier molecular flexibility index (Phi) is 20.1. The zero-order valence-electron chi connectivity index (χ0n) is 41.5. The summed E-state index contributed by atoms with van der Waals surface area (Å²) in [5.74, 6) is 0.0741. The van der Waals surface area contributed by atoms with Crippen molar-refractivity contribution in [3.05, 3.63) is 180 Å². The van der Waals surface area contributed by atoms with Gasteiger partial charge in [-0.25, -0.2) is 19.2 Å².